The fourth-order valence-electron chi connectivity index (χ4n) is 0.834. The zero-order chi connectivity index (χ0) is 11.3. The van der Waals surface area contributed by atoms with Crippen LogP contribution in [0.4, 0.5) is 8.78 Å². The number of hydrogen-bond acceptors (Lipinski definition) is 5. The fourth-order valence-corrected chi connectivity index (χ4v) is 0.834. The number of rotatable bonds is 6. The van der Waals surface area contributed by atoms with Crippen molar-refractivity contribution >= 4 is 5.78 Å². The van der Waals surface area contributed by atoms with Crippen LogP contribution in [0, 0.1) is 0 Å². The molecule has 15 heavy (non-hydrogen) atoms. The van der Waals surface area contributed by atoms with Gasteiger partial charge in [-0.05, 0) is 0 Å². The van der Waals surface area contributed by atoms with Gasteiger partial charge in [-0.3, -0.25) is 4.79 Å². The normalized spacial score (nSPS) is 10.9. The number of ketones is 1. The molecule has 0 spiro atoms. The SMILES string of the molecule is CC(=O)c1nc(CCOCC(F)F)no1. The van der Waals surface area contributed by atoms with Gasteiger partial charge in [0.05, 0.1) is 6.61 Å². The van der Waals surface area contributed by atoms with Crippen molar-refractivity contribution in [2.75, 3.05) is 13.2 Å². The molecule has 0 amide bonds. The smallest absolute Gasteiger partial charge is 0.293 e. The number of ether oxygens (including phenoxy) is 1. The van der Waals surface area contributed by atoms with Crippen molar-refractivity contribution in [1.29, 1.82) is 0 Å². The third-order valence-corrected chi connectivity index (χ3v) is 1.48. The molecule has 1 aromatic rings. The van der Waals surface area contributed by atoms with Gasteiger partial charge in [0.2, 0.25) is 5.78 Å². The number of carbonyl (C=O) groups is 1. The maximum Gasteiger partial charge on any atom is 0.293 e. The molecule has 0 radical (unpaired) electrons. The van der Waals surface area contributed by atoms with Crippen molar-refractivity contribution < 1.29 is 22.8 Å². The topological polar surface area (TPSA) is 65.2 Å². The molecule has 7 heteroatoms. The van der Waals surface area contributed by atoms with Crippen LogP contribution < -0.4 is 0 Å². The average molecular weight is 220 g/mol. The van der Waals surface area contributed by atoms with Crippen LogP contribution >= 0.6 is 0 Å². The maximum absolute atomic E-state index is 11.7. The predicted octanol–water partition coefficient (Wildman–Crippen LogP) is 1.10. The minimum absolute atomic E-state index is 0.0707. The van der Waals surface area contributed by atoms with E-state index < -0.39 is 13.0 Å². The predicted molar refractivity (Wildman–Crippen MR) is 44.8 cm³/mol. The summed E-state index contributed by atoms with van der Waals surface area (Å²) in [5, 5.41) is 3.48. The molecule has 0 N–H and O–H groups in total. The molecule has 0 atom stereocenters. The van der Waals surface area contributed by atoms with Gasteiger partial charge in [-0.15, -0.1) is 0 Å². The first kappa shape index (κ1) is 11.7. The van der Waals surface area contributed by atoms with E-state index in [1.807, 2.05) is 0 Å². The lowest BCUT2D eigenvalue weighted by Gasteiger charge is -1.99. The van der Waals surface area contributed by atoms with Crippen LogP contribution in [-0.2, 0) is 11.2 Å². The molecular weight excluding hydrogens is 210 g/mol. The molecule has 0 aliphatic rings. The van der Waals surface area contributed by atoms with Gasteiger partial charge in [0, 0.05) is 13.3 Å². The number of carbonyl (C=O) groups excluding carboxylic acids is 1. The van der Waals surface area contributed by atoms with Gasteiger partial charge in [-0.2, -0.15) is 4.98 Å². The highest BCUT2D eigenvalue weighted by Gasteiger charge is 2.10. The molecule has 1 heterocycles. The Balaban J connectivity index is 2.29. The van der Waals surface area contributed by atoms with Crippen LogP contribution in [0.25, 0.3) is 0 Å². The summed E-state index contributed by atoms with van der Waals surface area (Å²) in [7, 11) is 0. The van der Waals surface area contributed by atoms with Crippen molar-refractivity contribution in [2.45, 2.75) is 19.8 Å². The summed E-state index contributed by atoms with van der Waals surface area (Å²) in [6.07, 6.45) is -2.24. The molecule has 0 aromatic carbocycles. The molecule has 0 saturated heterocycles. The van der Waals surface area contributed by atoms with Crippen molar-refractivity contribution in [2.24, 2.45) is 0 Å². The van der Waals surface area contributed by atoms with E-state index in [0.717, 1.165) is 0 Å². The van der Waals surface area contributed by atoms with E-state index in [0.29, 0.717) is 0 Å². The second kappa shape index (κ2) is 5.50. The molecule has 0 bridgehead atoms. The fraction of sp³-hybridized carbons (Fsp3) is 0.625. The van der Waals surface area contributed by atoms with E-state index in [2.05, 4.69) is 19.4 Å². The highest BCUT2D eigenvalue weighted by molar-refractivity contribution is 5.89. The molecule has 0 saturated carbocycles. The number of nitrogens with zero attached hydrogens (tertiary/aromatic N) is 2. The summed E-state index contributed by atoms with van der Waals surface area (Å²) in [6, 6.07) is 0. The van der Waals surface area contributed by atoms with E-state index >= 15 is 0 Å². The summed E-state index contributed by atoms with van der Waals surface area (Å²) < 4.78 is 32.5. The van der Waals surface area contributed by atoms with Crippen molar-refractivity contribution in [3.63, 3.8) is 0 Å². The van der Waals surface area contributed by atoms with E-state index in [1.54, 1.807) is 0 Å². The second-order valence-corrected chi connectivity index (χ2v) is 2.79. The molecule has 84 valence electrons. The Labute approximate surface area is 84.4 Å². The molecular formula is C8H10F2N2O3. The maximum atomic E-state index is 11.7. The second-order valence-electron chi connectivity index (χ2n) is 2.79. The summed E-state index contributed by atoms with van der Waals surface area (Å²) in [4.78, 5) is 14.5. The van der Waals surface area contributed by atoms with Crippen LogP contribution in [0.15, 0.2) is 4.52 Å². The van der Waals surface area contributed by atoms with Crippen molar-refractivity contribution in [3.8, 4) is 0 Å². The first-order valence-corrected chi connectivity index (χ1v) is 4.29. The minimum Gasteiger partial charge on any atom is -0.375 e. The molecule has 1 aromatic heterocycles. The molecule has 0 fully saturated rings. The number of aromatic nitrogens is 2. The highest BCUT2D eigenvalue weighted by Crippen LogP contribution is 2.00. The summed E-state index contributed by atoms with van der Waals surface area (Å²) in [5.74, 6) is -0.143. The number of halogens is 2. The zero-order valence-electron chi connectivity index (χ0n) is 8.07. The summed E-state index contributed by atoms with van der Waals surface area (Å²) in [6.45, 7) is 0.753. The van der Waals surface area contributed by atoms with Crippen LogP contribution in [0.3, 0.4) is 0 Å². The van der Waals surface area contributed by atoms with Crippen LogP contribution in [0.2, 0.25) is 0 Å². The molecule has 0 aliphatic carbocycles. The quantitative estimate of drug-likeness (QED) is 0.530. The summed E-state index contributed by atoms with van der Waals surface area (Å²) in [5.41, 5.74) is 0. The van der Waals surface area contributed by atoms with E-state index in [-0.39, 0.29) is 30.5 Å². The van der Waals surface area contributed by atoms with Crippen molar-refractivity contribution in [3.05, 3.63) is 11.7 Å². The lowest BCUT2D eigenvalue weighted by Crippen LogP contribution is -2.07. The molecule has 5 nitrogen and oxygen atoms in total. The Morgan fingerprint density at radius 2 is 2.33 bits per heavy atom. The lowest BCUT2D eigenvalue weighted by molar-refractivity contribution is 0.0182. The Hall–Kier alpha value is -1.37. The van der Waals surface area contributed by atoms with Gasteiger partial charge >= 0.3 is 0 Å². The zero-order valence-corrected chi connectivity index (χ0v) is 8.07. The minimum atomic E-state index is -2.48. The van der Waals surface area contributed by atoms with Crippen molar-refractivity contribution in [1.82, 2.24) is 10.1 Å². The molecule has 0 unspecified atom stereocenters. The number of hydrogen-bond donors (Lipinski definition) is 0. The Morgan fingerprint density at radius 3 is 2.87 bits per heavy atom. The average Bonchev–Trinajstić information content (AvgIpc) is 2.60. The summed E-state index contributed by atoms with van der Waals surface area (Å²) >= 11 is 0. The number of Topliss-reactive ketones (excluding diaryl/α,β-unsaturated/α-hetero) is 1. The first-order chi connectivity index (χ1) is 7.09. The van der Waals surface area contributed by atoms with Gasteiger partial charge in [-0.25, -0.2) is 8.78 Å². The first-order valence-electron chi connectivity index (χ1n) is 4.29. The standard InChI is InChI=1S/C8H10F2N2O3/c1-5(13)8-11-7(12-15-8)2-3-14-4-6(9)10/h6H,2-4H2,1H3. The van der Waals surface area contributed by atoms with Gasteiger partial charge in [0.1, 0.15) is 6.61 Å². The van der Waals surface area contributed by atoms with Gasteiger partial charge in [0.15, 0.2) is 5.82 Å². The van der Waals surface area contributed by atoms with Gasteiger partial charge < -0.3 is 9.26 Å². The van der Waals surface area contributed by atoms with Gasteiger partial charge in [-0.1, -0.05) is 5.16 Å². The molecule has 1 rings (SSSR count). The van der Waals surface area contributed by atoms with E-state index in [4.69, 9.17) is 0 Å². The van der Waals surface area contributed by atoms with E-state index in [1.165, 1.54) is 6.92 Å². The van der Waals surface area contributed by atoms with E-state index in [9.17, 15) is 13.6 Å². The third kappa shape index (κ3) is 4.11. The Morgan fingerprint density at radius 1 is 1.60 bits per heavy atom. The monoisotopic (exact) mass is 220 g/mol. The Kier molecular flexibility index (Phi) is 4.29. The van der Waals surface area contributed by atoms with Crippen LogP contribution in [-0.4, -0.2) is 35.6 Å². The van der Waals surface area contributed by atoms with Crippen LogP contribution in [0.1, 0.15) is 23.4 Å². The highest BCUT2D eigenvalue weighted by atomic mass is 19.3. The van der Waals surface area contributed by atoms with Crippen LogP contribution in [0.5, 0.6) is 0 Å². The number of alkyl halides is 2. The van der Waals surface area contributed by atoms with Gasteiger partial charge in [0.25, 0.3) is 12.3 Å². The Bertz CT molecular complexity index is 327. The largest absolute Gasteiger partial charge is 0.375 e. The third-order valence-electron chi connectivity index (χ3n) is 1.48. The lowest BCUT2D eigenvalue weighted by atomic mass is 10.4. The molecule has 0 aliphatic heterocycles.